The van der Waals surface area contributed by atoms with Crippen molar-refractivity contribution in [1.29, 1.82) is 0 Å². The summed E-state index contributed by atoms with van der Waals surface area (Å²) in [4.78, 5) is 8.33. The van der Waals surface area contributed by atoms with Gasteiger partial charge in [-0.25, -0.2) is 4.98 Å². The minimum absolute atomic E-state index is 0.255. The van der Waals surface area contributed by atoms with Crippen molar-refractivity contribution in [3.8, 4) is 17.1 Å². The average molecular weight is 310 g/mol. The fourth-order valence-corrected chi connectivity index (χ4v) is 3.38. The number of rotatable bonds is 1. The summed E-state index contributed by atoms with van der Waals surface area (Å²) in [7, 11) is 0. The number of H-pyrrole nitrogens is 1. The van der Waals surface area contributed by atoms with Gasteiger partial charge in [0.2, 0.25) is 0 Å². The standard InChI is InChI=1S/C21H14N2O/c24-14-11-9-13(10-12-14)21-22-19-17-7-3-1-5-15(17)16-6-2-4-8-18(16)20(19)23-21/h1-12,24H,(H,22,23). The highest BCUT2D eigenvalue weighted by atomic mass is 16.3. The third-order valence-corrected chi connectivity index (χ3v) is 4.51. The number of nitrogens with zero attached hydrogens (tertiary/aromatic N) is 1. The number of aromatic amines is 1. The van der Waals surface area contributed by atoms with Crippen molar-refractivity contribution in [3.05, 3.63) is 72.8 Å². The molecule has 0 amide bonds. The number of benzene rings is 4. The Morgan fingerprint density at radius 1 is 0.667 bits per heavy atom. The molecule has 0 atom stereocenters. The second-order valence-electron chi connectivity index (χ2n) is 5.95. The van der Waals surface area contributed by atoms with E-state index in [1.165, 1.54) is 16.2 Å². The maximum absolute atomic E-state index is 9.50. The first-order valence-electron chi connectivity index (χ1n) is 7.90. The maximum atomic E-state index is 9.50. The molecule has 0 aliphatic carbocycles. The highest BCUT2D eigenvalue weighted by Crippen LogP contribution is 2.35. The summed E-state index contributed by atoms with van der Waals surface area (Å²) < 4.78 is 0. The van der Waals surface area contributed by atoms with E-state index in [2.05, 4.69) is 47.4 Å². The average Bonchev–Trinajstić information content (AvgIpc) is 3.08. The van der Waals surface area contributed by atoms with Crippen LogP contribution in [0.15, 0.2) is 72.8 Å². The normalized spacial score (nSPS) is 11.5. The Kier molecular flexibility index (Phi) is 2.65. The fourth-order valence-electron chi connectivity index (χ4n) is 3.38. The molecule has 1 heterocycles. The third-order valence-electron chi connectivity index (χ3n) is 4.51. The number of hydrogen-bond donors (Lipinski definition) is 2. The minimum atomic E-state index is 0.255. The minimum Gasteiger partial charge on any atom is -0.508 e. The van der Waals surface area contributed by atoms with Crippen LogP contribution in [0.4, 0.5) is 0 Å². The molecular weight excluding hydrogens is 296 g/mol. The summed E-state index contributed by atoms with van der Waals surface area (Å²) in [6.07, 6.45) is 0. The first-order chi connectivity index (χ1) is 11.8. The van der Waals surface area contributed by atoms with E-state index in [0.717, 1.165) is 27.8 Å². The van der Waals surface area contributed by atoms with Crippen molar-refractivity contribution in [3.63, 3.8) is 0 Å². The highest BCUT2D eigenvalue weighted by molar-refractivity contribution is 6.23. The Morgan fingerprint density at radius 2 is 1.25 bits per heavy atom. The predicted octanol–water partition coefficient (Wildman–Crippen LogP) is 5.24. The molecule has 5 rings (SSSR count). The Hall–Kier alpha value is -3.33. The van der Waals surface area contributed by atoms with E-state index in [0.29, 0.717) is 0 Å². The van der Waals surface area contributed by atoms with Crippen LogP contribution in [-0.2, 0) is 0 Å². The van der Waals surface area contributed by atoms with Gasteiger partial charge >= 0.3 is 0 Å². The molecule has 2 N–H and O–H groups in total. The zero-order chi connectivity index (χ0) is 16.1. The van der Waals surface area contributed by atoms with Crippen LogP contribution in [0, 0.1) is 0 Å². The van der Waals surface area contributed by atoms with Gasteiger partial charge < -0.3 is 10.1 Å². The van der Waals surface area contributed by atoms with E-state index >= 15 is 0 Å². The number of phenolic OH excluding ortho intramolecular Hbond substituents is 1. The van der Waals surface area contributed by atoms with Gasteiger partial charge in [-0.1, -0.05) is 48.5 Å². The molecule has 3 heteroatoms. The van der Waals surface area contributed by atoms with Crippen molar-refractivity contribution >= 4 is 32.6 Å². The molecular formula is C21H14N2O. The van der Waals surface area contributed by atoms with Gasteiger partial charge in [0.05, 0.1) is 11.0 Å². The van der Waals surface area contributed by atoms with Gasteiger partial charge in [-0.15, -0.1) is 0 Å². The first kappa shape index (κ1) is 13.1. The summed E-state index contributed by atoms with van der Waals surface area (Å²) in [6, 6.07) is 23.9. The smallest absolute Gasteiger partial charge is 0.138 e. The Balaban J connectivity index is 1.93. The van der Waals surface area contributed by atoms with E-state index in [9.17, 15) is 5.11 Å². The maximum Gasteiger partial charge on any atom is 0.138 e. The van der Waals surface area contributed by atoms with Gasteiger partial charge in [-0.3, -0.25) is 0 Å². The van der Waals surface area contributed by atoms with E-state index < -0.39 is 0 Å². The molecule has 0 saturated carbocycles. The number of phenols is 1. The van der Waals surface area contributed by atoms with E-state index in [1.807, 2.05) is 18.2 Å². The predicted molar refractivity (Wildman–Crippen MR) is 98.2 cm³/mol. The zero-order valence-corrected chi connectivity index (χ0v) is 12.8. The molecule has 0 aliphatic heterocycles. The monoisotopic (exact) mass is 310 g/mol. The molecule has 3 nitrogen and oxygen atoms in total. The third kappa shape index (κ3) is 1.82. The lowest BCUT2D eigenvalue weighted by atomic mass is 10.0. The Labute approximate surface area is 138 Å². The second kappa shape index (κ2) is 4.83. The van der Waals surface area contributed by atoms with Gasteiger partial charge in [0.15, 0.2) is 0 Å². The summed E-state index contributed by atoms with van der Waals surface area (Å²) in [5, 5.41) is 14.2. The molecule has 0 bridgehead atoms. The van der Waals surface area contributed by atoms with Crippen LogP contribution in [0.1, 0.15) is 0 Å². The van der Waals surface area contributed by atoms with Crippen LogP contribution >= 0.6 is 0 Å². The van der Waals surface area contributed by atoms with Crippen molar-refractivity contribution in [2.75, 3.05) is 0 Å². The van der Waals surface area contributed by atoms with Crippen LogP contribution in [-0.4, -0.2) is 15.1 Å². The van der Waals surface area contributed by atoms with Crippen LogP contribution in [0.25, 0.3) is 44.0 Å². The Morgan fingerprint density at radius 3 is 1.96 bits per heavy atom. The van der Waals surface area contributed by atoms with Gasteiger partial charge in [-0.2, -0.15) is 0 Å². The van der Waals surface area contributed by atoms with Gasteiger partial charge in [-0.05, 0) is 35.0 Å². The van der Waals surface area contributed by atoms with Crippen LogP contribution in [0.3, 0.4) is 0 Å². The van der Waals surface area contributed by atoms with E-state index in [-0.39, 0.29) is 5.75 Å². The highest BCUT2D eigenvalue weighted by Gasteiger charge is 2.13. The molecule has 4 aromatic carbocycles. The number of imidazole rings is 1. The molecule has 114 valence electrons. The van der Waals surface area contributed by atoms with Crippen LogP contribution in [0.5, 0.6) is 5.75 Å². The van der Waals surface area contributed by atoms with Gasteiger partial charge in [0.1, 0.15) is 11.6 Å². The van der Waals surface area contributed by atoms with Gasteiger partial charge in [0.25, 0.3) is 0 Å². The summed E-state index contributed by atoms with van der Waals surface area (Å²) >= 11 is 0. The number of aromatic nitrogens is 2. The van der Waals surface area contributed by atoms with Crippen LogP contribution in [0.2, 0.25) is 0 Å². The lowest BCUT2D eigenvalue weighted by molar-refractivity contribution is 0.475. The molecule has 0 saturated heterocycles. The molecule has 5 aromatic rings. The fraction of sp³-hybridized carbons (Fsp3) is 0. The summed E-state index contributed by atoms with van der Waals surface area (Å²) in [5.74, 6) is 1.07. The summed E-state index contributed by atoms with van der Waals surface area (Å²) in [5.41, 5.74) is 2.98. The number of fused-ring (bicyclic) bond motifs is 6. The van der Waals surface area contributed by atoms with Crippen molar-refractivity contribution < 1.29 is 5.11 Å². The molecule has 0 aliphatic rings. The number of aromatic hydroxyl groups is 1. The molecule has 24 heavy (non-hydrogen) atoms. The molecule has 0 unspecified atom stereocenters. The lowest BCUT2D eigenvalue weighted by Gasteiger charge is -2.05. The quantitative estimate of drug-likeness (QED) is 0.416. The van der Waals surface area contributed by atoms with Crippen molar-refractivity contribution in [2.45, 2.75) is 0 Å². The zero-order valence-electron chi connectivity index (χ0n) is 12.8. The van der Waals surface area contributed by atoms with Crippen molar-refractivity contribution in [1.82, 2.24) is 9.97 Å². The molecule has 0 fully saturated rings. The summed E-state index contributed by atoms with van der Waals surface area (Å²) in [6.45, 7) is 0. The van der Waals surface area contributed by atoms with E-state index in [4.69, 9.17) is 4.98 Å². The topological polar surface area (TPSA) is 48.9 Å². The second-order valence-corrected chi connectivity index (χ2v) is 5.95. The van der Waals surface area contributed by atoms with Crippen LogP contribution < -0.4 is 0 Å². The molecule has 0 radical (unpaired) electrons. The first-order valence-corrected chi connectivity index (χ1v) is 7.90. The number of hydrogen-bond acceptors (Lipinski definition) is 2. The Bertz CT molecular complexity index is 1130. The number of nitrogens with one attached hydrogen (secondary N) is 1. The SMILES string of the molecule is Oc1ccc(-c2nc3c4ccccc4c4ccccc4c3[nH]2)cc1. The lowest BCUT2D eigenvalue weighted by Crippen LogP contribution is -1.81. The molecule has 0 spiro atoms. The largest absolute Gasteiger partial charge is 0.508 e. The van der Waals surface area contributed by atoms with Crippen molar-refractivity contribution in [2.24, 2.45) is 0 Å². The van der Waals surface area contributed by atoms with E-state index in [1.54, 1.807) is 12.1 Å². The molecule has 1 aromatic heterocycles. The van der Waals surface area contributed by atoms with Gasteiger partial charge in [0, 0.05) is 16.3 Å².